The number of fused-ring (bicyclic) bond motifs is 1. The first-order chi connectivity index (χ1) is 13.3. The Hall–Kier alpha value is -1.87. The molecule has 1 aromatic heterocycles. The highest BCUT2D eigenvalue weighted by Crippen LogP contribution is 2.20. The van der Waals surface area contributed by atoms with Gasteiger partial charge in [-0.15, -0.1) is 0 Å². The van der Waals surface area contributed by atoms with Gasteiger partial charge in [-0.3, -0.25) is 16.1 Å². The molecular weight excluding hydrogens is 372 g/mol. The molecule has 1 aliphatic rings. The first kappa shape index (κ1) is 20.9. The van der Waals surface area contributed by atoms with Crippen molar-refractivity contribution in [1.82, 2.24) is 20.1 Å². The van der Waals surface area contributed by atoms with Crippen LogP contribution in [0.15, 0.2) is 30.5 Å². The van der Waals surface area contributed by atoms with Gasteiger partial charge in [-0.2, -0.15) is 0 Å². The number of nitrogens with one attached hydrogen (secondary N) is 4. The van der Waals surface area contributed by atoms with E-state index in [1.165, 1.54) is 10.9 Å². The van der Waals surface area contributed by atoms with Crippen LogP contribution in [0.5, 0.6) is 0 Å². The van der Waals surface area contributed by atoms with Crippen LogP contribution < -0.4 is 5.32 Å². The van der Waals surface area contributed by atoms with Crippen molar-refractivity contribution < 1.29 is 5.11 Å². The smallest absolute Gasteiger partial charge is 0.162 e. The minimum Gasteiger partial charge on any atom is -0.372 e. The summed E-state index contributed by atoms with van der Waals surface area (Å²) in [6.45, 7) is 6.59. The lowest BCUT2D eigenvalue weighted by molar-refractivity contribution is 0.154. The molecule has 152 valence electrons. The van der Waals surface area contributed by atoms with E-state index in [1.807, 2.05) is 36.2 Å². The molecule has 5 N–H and O–H groups in total. The number of piperazine rings is 1. The van der Waals surface area contributed by atoms with Crippen LogP contribution in [0, 0.1) is 10.8 Å². The van der Waals surface area contributed by atoms with Gasteiger partial charge in [0.25, 0.3) is 0 Å². The number of aliphatic hydroxyl groups is 1. The molecule has 2 aromatic rings. The van der Waals surface area contributed by atoms with Gasteiger partial charge in [0, 0.05) is 48.8 Å². The van der Waals surface area contributed by atoms with Crippen molar-refractivity contribution in [2.75, 3.05) is 26.7 Å². The van der Waals surface area contributed by atoms with E-state index in [4.69, 9.17) is 10.8 Å². The summed E-state index contributed by atoms with van der Waals surface area (Å²) in [5, 5.41) is 31.5. The van der Waals surface area contributed by atoms with E-state index in [1.54, 1.807) is 0 Å². The predicted octanol–water partition coefficient (Wildman–Crippen LogP) is 2.29. The third-order valence-electron chi connectivity index (χ3n) is 5.35. The normalized spacial score (nSPS) is 20.3. The number of benzene rings is 1. The number of likely N-dealkylation sites (N-methyl/N-ethyl adjacent to an activating group) is 1. The van der Waals surface area contributed by atoms with Gasteiger partial charge in [0.1, 0.15) is 5.04 Å². The predicted molar refractivity (Wildman–Crippen MR) is 117 cm³/mol. The second-order valence-corrected chi connectivity index (χ2v) is 8.61. The van der Waals surface area contributed by atoms with E-state index in [0.717, 1.165) is 43.3 Å². The van der Waals surface area contributed by atoms with Crippen LogP contribution in [0.3, 0.4) is 0 Å². The molecular formula is C20H30N6OS. The number of nitrogens with zero attached hydrogens (tertiary/aromatic N) is 2. The van der Waals surface area contributed by atoms with Gasteiger partial charge in [0.05, 0.1) is 0 Å². The molecule has 1 fully saturated rings. The average Bonchev–Trinajstić information content (AvgIpc) is 3.06. The molecule has 8 heteroatoms. The summed E-state index contributed by atoms with van der Waals surface area (Å²) in [6.07, 6.45) is 1.67. The van der Waals surface area contributed by atoms with Crippen molar-refractivity contribution in [3.05, 3.63) is 36.0 Å². The van der Waals surface area contributed by atoms with Gasteiger partial charge in [-0.1, -0.05) is 18.2 Å². The van der Waals surface area contributed by atoms with Crippen molar-refractivity contribution in [3.63, 3.8) is 0 Å². The van der Waals surface area contributed by atoms with E-state index in [2.05, 4.69) is 35.2 Å². The van der Waals surface area contributed by atoms with Crippen molar-refractivity contribution >= 4 is 32.9 Å². The number of aliphatic hydroxyl groups excluding tert-OH is 1. The number of para-hydroxylation sites is 1. The number of amidine groups is 1. The summed E-state index contributed by atoms with van der Waals surface area (Å²) in [7, 11) is 2.09. The molecule has 28 heavy (non-hydrogen) atoms. The van der Waals surface area contributed by atoms with Crippen LogP contribution >= 0.6 is 11.8 Å². The molecule has 0 radical (unpaired) electrons. The molecule has 1 aliphatic heterocycles. The monoisotopic (exact) mass is 402 g/mol. The first-order valence-electron chi connectivity index (χ1n) is 9.64. The van der Waals surface area contributed by atoms with Gasteiger partial charge in [0.2, 0.25) is 0 Å². The lowest BCUT2D eigenvalue weighted by Crippen LogP contribution is -2.51. The van der Waals surface area contributed by atoms with Gasteiger partial charge in [-0.05, 0) is 50.7 Å². The molecule has 0 saturated carbocycles. The molecule has 0 bridgehead atoms. The molecule has 3 rings (SSSR count). The zero-order chi connectivity index (χ0) is 20.3. The molecule has 7 nitrogen and oxygen atoms in total. The number of thioether (sulfide) groups is 1. The molecule has 1 saturated heterocycles. The van der Waals surface area contributed by atoms with Crippen LogP contribution in [-0.4, -0.2) is 75.1 Å². The SMILES string of the molecule is CC(Cc1c[nH]c2ccccc12)NC(O)C(=N)SC(=N)N1CCN(C)C(C)C1. The van der Waals surface area contributed by atoms with Crippen LogP contribution in [0.4, 0.5) is 0 Å². The van der Waals surface area contributed by atoms with Crippen molar-refractivity contribution in [1.29, 1.82) is 10.8 Å². The maximum Gasteiger partial charge on any atom is 0.162 e. The third kappa shape index (κ3) is 4.94. The van der Waals surface area contributed by atoms with Crippen molar-refractivity contribution in [2.24, 2.45) is 0 Å². The Labute approximate surface area is 170 Å². The zero-order valence-corrected chi connectivity index (χ0v) is 17.5. The van der Waals surface area contributed by atoms with Crippen molar-refractivity contribution in [3.8, 4) is 0 Å². The number of aromatic nitrogens is 1. The molecule has 3 atom stereocenters. The van der Waals surface area contributed by atoms with E-state index in [9.17, 15) is 5.11 Å². The van der Waals surface area contributed by atoms with Gasteiger partial charge in [0.15, 0.2) is 11.4 Å². The number of aromatic amines is 1. The topological polar surface area (TPSA) is 102 Å². The van der Waals surface area contributed by atoms with Gasteiger partial charge < -0.3 is 19.9 Å². The fourth-order valence-electron chi connectivity index (χ4n) is 3.49. The summed E-state index contributed by atoms with van der Waals surface area (Å²) in [5.74, 6) is 0. The second-order valence-electron chi connectivity index (χ2n) is 7.58. The second kappa shape index (κ2) is 9.09. The summed E-state index contributed by atoms with van der Waals surface area (Å²) in [5.41, 5.74) is 2.28. The maximum atomic E-state index is 10.4. The highest BCUT2D eigenvalue weighted by Gasteiger charge is 2.25. The average molecular weight is 403 g/mol. The summed E-state index contributed by atoms with van der Waals surface area (Å²) >= 11 is 1.03. The fraction of sp³-hybridized carbons (Fsp3) is 0.500. The highest BCUT2D eigenvalue weighted by molar-refractivity contribution is 8.26. The molecule has 2 heterocycles. The first-order valence-corrected chi connectivity index (χ1v) is 10.5. The van der Waals surface area contributed by atoms with Crippen LogP contribution in [-0.2, 0) is 6.42 Å². The van der Waals surface area contributed by atoms with E-state index in [-0.39, 0.29) is 11.1 Å². The quantitative estimate of drug-likeness (QED) is 0.300. The Balaban J connectivity index is 1.50. The van der Waals surface area contributed by atoms with Gasteiger partial charge >= 0.3 is 0 Å². The molecule has 0 spiro atoms. The van der Waals surface area contributed by atoms with Crippen LogP contribution in [0.25, 0.3) is 10.9 Å². The lowest BCUT2D eigenvalue weighted by Gasteiger charge is -2.38. The Morgan fingerprint density at radius 2 is 2.11 bits per heavy atom. The van der Waals surface area contributed by atoms with E-state index >= 15 is 0 Å². The number of hydrogen-bond donors (Lipinski definition) is 5. The number of hydrogen-bond acceptors (Lipinski definition) is 6. The van der Waals surface area contributed by atoms with Gasteiger partial charge in [-0.25, -0.2) is 0 Å². The zero-order valence-electron chi connectivity index (χ0n) is 16.7. The Bertz CT molecular complexity index is 837. The Kier molecular flexibility index (Phi) is 6.77. The molecule has 0 aliphatic carbocycles. The molecule has 1 aromatic carbocycles. The number of rotatable bonds is 5. The van der Waals surface area contributed by atoms with E-state index < -0.39 is 6.23 Å². The van der Waals surface area contributed by atoms with E-state index in [0.29, 0.717) is 11.2 Å². The Morgan fingerprint density at radius 3 is 2.86 bits per heavy atom. The highest BCUT2D eigenvalue weighted by atomic mass is 32.2. The largest absolute Gasteiger partial charge is 0.372 e. The van der Waals surface area contributed by atoms with Crippen molar-refractivity contribution in [2.45, 2.75) is 38.6 Å². The summed E-state index contributed by atoms with van der Waals surface area (Å²) in [4.78, 5) is 7.51. The molecule has 3 unspecified atom stereocenters. The van der Waals surface area contributed by atoms with Crippen LogP contribution in [0.2, 0.25) is 0 Å². The van der Waals surface area contributed by atoms with Crippen LogP contribution in [0.1, 0.15) is 19.4 Å². The standard InChI is InChI=1S/C20H30N6OS/c1-13(10-15-11-23-17-7-5-4-6-16(15)17)24-19(27)18(21)28-20(22)26-9-8-25(3)14(2)12-26/h4-7,11,13-14,19,21-24,27H,8-10,12H2,1-3H3. The molecule has 0 amide bonds. The minimum atomic E-state index is -1.07. The maximum absolute atomic E-state index is 10.4. The summed E-state index contributed by atoms with van der Waals surface area (Å²) in [6, 6.07) is 8.52. The Morgan fingerprint density at radius 1 is 1.36 bits per heavy atom. The minimum absolute atomic E-state index is 0.00648. The number of H-pyrrole nitrogens is 1. The summed E-state index contributed by atoms with van der Waals surface area (Å²) < 4.78 is 0. The lowest BCUT2D eigenvalue weighted by atomic mass is 10.1. The fourth-order valence-corrected chi connectivity index (χ4v) is 4.17. The third-order valence-corrected chi connectivity index (χ3v) is 6.24.